The number of hydrogen-bond acceptors (Lipinski definition) is 2. The van der Waals surface area contributed by atoms with Crippen LogP contribution in [-0.2, 0) is 4.74 Å². The molecule has 4 nitrogen and oxygen atoms in total. The largest absolute Gasteiger partial charge is 0.377 e. The number of azide groups is 1. The van der Waals surface area contributed by atoms with Crippen molar-refractivity contribution in [2.75, 3.05) is 19.8 Å². The summed E-state index contributed by atoms with van der Waals surface area (Å²) in [5, 5.41) is 3.55. The fourth-order valence-corrected chi connectivity index (χ4v) is 3.77. The highest BCUT2D eigenvalue weighted by molar-refractivity contribution is 4.84. The van der Waals surface area contributed by atoms with Gasteiger partial charge in [0, 0.05) is 17.9 Å². The third-order valence-corrected chi connectivity index (χ3v) is 6.05. The van der Waals surface area contributed by atoms with E-state index in [4.69, 9.17) is 12.0 Å². The van der Waals surface area contributed by atoms with Crippen molar-refractivity contribution in [2.45, 2.75) is 109 Å². The van der Waals surface area contributed by atoms with Gasteiger partial charge in [-0.1, -0.05) is 95.0 Å². The Morgan fingerprint density at radius 1 is 0.786 bits per heavy atom. The molecule has 4 fully saturated rings. The summed E-state index contributed by atoms with van der Waals surface area (Å²) >= 11 is 0. The molecule has 28 heavy (non-hydrogen) atoms. The summed E-state index contributed by atoms with van der Waals surface area (Å²) in [6.45, 7) is 2.70. The first kappa shape index (κ1) is 24.9. The fraction of sp³-hybridized carbons (Fsp3) is 0.917. The van der Waals surface area contributed by atoms with Crippen molar-refractivity contribution in [3.63, 3.8) is 0 Å². The number of epoxide rings is 1. The van der Waals surface area contributed by atoms with E-state index in [1.54, 1.807) is 0 Å². The van der Waals surface area contributed by atoms with Gasteiger partial charge in [0.25, 0.3) is 0 Å². The van der Waals surface area contributed by atoms with E-state index in [2.05, 4.69) is 20.7 Å². The van der Waals surface area contributed by atoms with E-state index >= 15 is 0 Å². The SMILES string of the molecule is C#CCCC1CCCCC1.C1CCC1.C1CO1.[N-]=[N+]=NCCC1CCCCC1. The monoisotopic (exact) mass is 389 g/mol. The third kappa shape index (κ3) is 17.0. The summed E-state index contributed by atoms with van der Waals surface area (Å²) in [5.41, 5.74) is 8.05. The predicted octanol–water partition coefficient (Wildman–Crippen LogP) is 7.82. The second kappa shape index (κ2) is 19.2. The molecule has 0 aromatic carbocycles. The molecule has 0 spiro atoms. The highest BCUT2D eigenvalue weighted by Crippen LogP contribution is 2.27. The van der Waals surface area contributed by atoms with Gasteiger partial charge in [-0.15, -0.1) is 12.3 Å². The molecule has 4 heteroatoms. The lowest BCUT2D eigenvalue weighted by atomic mass is 9.86. The van der Waals surface area contributed by atoms with E-state index < -0.39 is 0 Å². The maximum Gasteiger partial charge on any atom is 0.0701 e. The van der Waals surface area contributed by atoms with Crippen molar-refractivity contribution in [3.8, 4) is 12.3 Å². The van der Waals surface area contributed by atoms with Gasteiger partial charge in [-0.05, 0) is 30.2 Å². The van der Waals surface area contributed by atoms with E-state index in [1.807, 2.05) is 0 Å². The Labute approximate surface area is 173 Å². The molecule has 0 unspecified atom stereocenters. The number of terminal acetylenes is 1. The second-order valence-corrected chi connectivity index (χ2v) is 8.52. The topological polar surface area (TPSA) is 61.3 Å². The van der Waals surface area contributed by atoms with Crippen LogP contribution in [0.4, 0.5) is 0 Å². The average molecular weight is 390 g/mol. The standard InChI is InChI=1S/C10H16.C8H15N3.C4H8.C2H4O/c1-2-3-7-10-8-5-4-6-9-10;9-11-10-7-6-8-4-2-1-3-5-8;1-2-4-3-1;1-2-3-1/h1,10H,3-9H2;8H,1-7H2;1-4H2;1-2H2. The first-order valence-electron chi connectivity index (χ1n) is 11.9. The van der Waals surface area contributed by atoms with Crippen LogP contribution in [0.15, 0.2) is 5.11 Å². The molecule has 0 atom stereocenters. The van der Waals surface area contributed by atoms with Gasteiger partial charge in [0.1, 0.15) is 0 Å². The zero-order valence-electron chi connectivity index (χ0n) is 18.1. The second-order valence-electron chi connectivity index (χ2n) is 8.52. The molecule has 0 radical (unpaired) electrons. The van der Waals surface area contributed by atoms with Crippen LogP contribution in [0.2, 0.25) is 0 Å². The molecule has 0 N–H and O–H groups in total. The summed E-state index contributed by atoms with van der Waals surface area (Å²) in [4.78, 5) is 2.75. The van der Waals surface area contributed by atoms with Gasteiger partial charge in [0.2, 0.25) is 0 Å². The number of nitrogens with zero attached hydrogens (tertiary/aromatic N) is 3. The number of rotatable bonds is 5. The maximum absolute atomic E-state index is 8.05. The zero-order chi connectivity index (χ0) is 20.1. The lowest BCUT2D eigenvalue weighted by Gasteiger charge is -2.20. The molecule has 3 aliphatic carbocycles. The molecule has 160 valence electrons. The van der Waals surface area contributed by atoms with E-state index in [0.29, 0.717) is 6.54 Å². The molecule has 3 saturated carbocycles. The van der Waals surface area contributed by atoms with E-state index in [-0.39, 0.29) is 0 Å². The Morgan fingerprint density at radius 2 is 1.21 bits per heavy atom. The van der Waals surface area contributed by atoms with Crippen LogP contribution in [0, 0.1) is 24.2 Å². The number of ether oxygens (including phenoxy) is 1. The van der Waals surface area contributed by atoms with Gasteiger partial charge in [0.15, 0.2) is 0 Å². The van der Waals surface area contributed by atoms with Crippen molar-refractivity contribution in [3.05, 3.63) is 10.4 Å². The normalized spacial score (nSPS) is 20.8. The number of hydrogen-bond donors (Lipinski definition) is 0. The summed E-state index contributed by atoms with van der Waals surface area (Å²) < 4.78 is 4.50. The highest BCUT2D eigenvalue weighted by Gasteiger charge is 2.12. The van der Waals surface area contributed by atoms with Crippen LogP contribution in [0.5, 0.6) is 0 Å². The van der Waals surface area contributed by atoms with Gasteiger partial charge in [-0.2, -0.15) is 0 Å². The van der Waals surface area contributed by atoms with E-state index in [1.165, 1.54) is 96.3 Å². The Morgan fingerprint density at radius 3 is 1.57 bits per heavy atom. The zero-order valence-corrected chi connectivity index (χ0v) is 18.1. The average Bonchev–Trinajstić information content (AvgIpc) is 3.57. The van der Waals surface area contributed by atoms with Crippen LogP contribution in [-0.4, -0.2) is 19.8 Å². The fourth-order valence-electron chi connectivity index (χ4n) is 3.77. The smallest absolute Gasteiger partial charge is 0.0701 e. The lowest BCUT2D eigenvalue weighted by Crippen LogP contribution is -2.06. The van der Waals surface area contributed by atoms with Gasteiger partial charge >= 0.3 is 0 Å². The minimum absolute atomic E-state index is 0.696. The van der Waals surface area contributed by atoms with Crippen LogP contribution < -0.4 is 0 Å². The summed E-state index contributed by atoms with van der Waals surface area (Å²) in [6.07, 6.45) is 28.6. The van der Waals surface area contributed by atoms with Crippen LogP contribution in [0.1, 0.15) is 109 Å². The molecule has 1 aliphatic heterocycles. The molecule has 0 amide bonds. The summed E-state index contributed by atoms with van der Waals surface area (Å²) in [5.74, 6) is 4.52. The molecule has 0 aromatic rings. The lowest BCUT2D eigenvalue weighted by molar-refractivity contribution is 0.342. The van der Waals surface area contributed by atoms with Gasteiger partial charge in [-0.25, -0.2) is 0 Å². The van der Waals surface area contributed by atoms with E-state index in [0.717, 1.165) is 37.9 Å². The summed E-state index contributed by atoms with van der Waals surface area (Å²) in [6, 6.07) is 0. The van der Waals surface area contributed by atoms with Crippen molar-refractivity contribution >= 4 is 0 Å². The molecule has 0 bridgehead atoms. The molecule has 4 rings (SSSR count). The van der Waals surface area contributed by atoms with Crippen LogP contribution in [0.25, 0.3) is 10.4 Å². The molecule has 1 saturated heterocycles. The van der Waals surface area contributed by atoms with Crippen molar-refractivity contribution in [1.82, 2.24) is 0 Å². The first-order valence-corrected chi connectivity index (χ1v) is 11.9. The van der Waals surface area contributed by atoms with Gasteiger partial charge in [-0.3, -0.25) is 0 Å². The minimum Gasteiger partial charge on any atom is -0.377 e. The third-order valence-electron chi connectivity index (χ3n) is 6.05. The first-order chi connectivity index (χ1) is 13.9. The van der Waals surface area contributed by atoms with Crippen LogP contribution >= 0.6 is 0 Å². The predicted molar refractivity (Wildman–Crippen MR) is 119 cm³/mol. The van der Waals surface area contributed by atoms with Gasteiger partial charge < -0.3 is 4.74 Å². The Kier molecular flexibility index (Phi) is 17.0. The molecular formula is C24H43N3O. The Bertz CT molecular complexity index is 415. The quantitative estimate of drug-likeness (QED) is 0.155. The maximum atomic E-state index is 8.05. The van der Waals surface area contributed by atoms with Crippen LogP contribution in [0.3, 0.4) is 0 Å². The van der Waals surface area contributed by atoms with Crippen molar-refractivity contribution in [1.29, 1.82) is 0 Å². The van der Waals surface area contributed by atoms with E-state index in [9.17, 15) is 0 Å². The highest BCUT2D eigenvalue weighted by atomic mass is 16.6. The Balaban J connectivity index is 0.000000208. The van der Waals surface area contributed by atoms with Crippen molar-refractivity contribution < 1.29 is 4.74 Å². The van der Waals surface area contributed by atoms with Crippen molar-refractivity contribution in [2.24, 2.45) is 17.0 Å². The molecular weight excluding hydrogens is 346 g/mol. The molecule has 4 aliphatic rings. The summed E-state index contributed by atoms with van der Waals surface area (Å²) in [7, 11) is 0. The molecule has 0 aromatic heterocycles. The minimum atomic E-state index is 0.696. The van der Waals surface area contributed by atoms with Gasteiger partial charge in [0.05, 0.1) is 13.2 Å². The Hall–Kier alpha value is -1.17. The molecule has 1 heterocycles.